The second-order valence-corrected chi connectivity index (χ2v) is 5.46. The van der Waals surface area contributed by atoms with Crippen LogP contribution in [0.25, 0.3) is 0 Å². The van der Waals surface area contributed by atoms with Gasteiger partial charge in [-0.2, -0.15) is 5.10 Å². The quantitative estimate of drug-likeness (QED) is 0.853. The summed E-state index contributed by atoms with van der Waals surface area (Å²) in [5.41, 5.74) is 0.905. The number of aromatic nitrogens is 2. The van der Waals surface area contributed by atoms with Crippen LogP contribution in [0.3, 0.4) is 0 Å². The lowest BCUT2D eigenvalue weighted by atomic mass is 10.1. The molecule has 1 aromatic rings. The number of rotatable bonds is 3. The van der Waals surface area contributed by atoms with Gasteiger partial charge in [-0.05, 0) is 24.8 Å². The summed E-state index contributed by atoms with van der Waals surface area (Å²) in [5.74, 6) is -0.859. The van der Waals surface area contributed by atoms with E-state index < -0.39 is 5.97 Å². The molecular formula is C12H18N2O2. The number of hydrogen-bond donors (Lipinski definition) is 1. The van der Waals surface area contributed by atoms with Crippen LogP contribution in [0, 0.1) is 11.3 Å². The van der Waals surface area contributed by atoms with E-state index in [1.807, 2.05) is 24.7 Å². The maximum atomic E-state index is 11.1. The van der Waals surface area contributed by atoms with Gasteiger partial charge in [0.1, 0.15) is 0 Å². The maximum Gasteiger partial charge on any atom is 0.307 e. The monoisotopic (exact) mass is 222 g/mol. The summed E-state index contributed by atoms with van der Waals surface area (Å²) in [7, 11) is 0. The lowest BCUT2D eigenvalue weighted by Crippen LogP contribution is -2.03. The third-order valence-electron chi connectivity index (χ3n) is 3.60. The molecule has 88 valence electrons. The predicted molar refractivity (Wildman–Crippen MR) is 60.3 cm³/mol. The summed E-state index contributed by atoms with van der Waals surface area (Å²) in [6.07, 6.45) is 3.77. The zero-order valence-corrected chi connectivity index (χ0v) is 10.1. The van der Waals surface area contributed by atoms with E-state index in [0.717, 1.165) is 5.56 Å². The molecule has 0 saturated heterocycles. The molecule has 2 atom stereocenters. The van der Waals surface area contributed by atoms with Gasteiger partial charge in [-0.1, -0.05) is 13.8 Å². The van der Waals surface area contributed by atoms with Crippen molar-refractivity contribution in [2.45, 2.75) is 39.7 Å². The van der Waals surface area contributed by atoms with Crippen molar-refractivity contribution in [3.8, 4) is 0 Å². The van der Waals surface area contributed by atoms with Gasteiger partial charge in [-0.25, -0.2) is 0 Å². The van der Waals surface area contributed by atoms with Gasteiger partial charge < -0.3 is 5.11 Å². The van der Waals surface area contributed by atoms with Crippen molar-refractivity contribution in [3.05, 3.63) is 18.0 Å². The molecule has 0 aliphatic heterocycles. The minimum absolute atomic E-state index is 0.109. The number of carbonyl (C=O) groups is 1. The van der Waals surface area contributed by atoms with E-state index in [-0.39, 0.29) is 17.3 Å². The van der Waals surface area contributed by atoms with Crippen molar-refractivity contribution >= 4 is 5.97 Å². The van der Waals surface area contributed by atoms with Gasteiger partial charge in [0, 0.05) is 18.2 Å². The molecule has 0 amide bonds. The summed E-state index contributed by atoms with van der Waals surface area (Å²) in [4.78, 5) is 11.1. The van der Waals surface area contributed by atoms with Gasteiger partial charge in [0.25, 0.3) is 0 Å². The molecule has 1 aromatic heterocycles. The molecule has 0 aromatic carbocycles. The van der Waals surface area contributed by atoms with Gasteiger partial charge in [-0.3, -0.25) is 9.48 Å². The normalized spacial score (nSPS) is 27.1. The Kier molecular flexibility index (Phi) is 2.33. The second-order valence-electron chi connectivity index (χ2n) is 5.46. The van der Waals surface area contributed by atoms with Gasteiger partial charge in [0.2, 0.25) is 0 Å². The fourth-order valence-electron chi connectivity index (χ4n) is 2.52. The van der Waals surface area contributed by atoms with Crippen LogP contribution in [0.5, 0.6) is 0 Å². The summed E-state index contributed by atoms with van der Waals surface area (Å²) < 4.78 is 1.88. The highest BCUT2D eigenvalue weighted by molar-refractivity contribution is 5.77. The van der Waals surface area contributed by atoms with E-state index >= 15 is 0 Å². The fourth-order valence-corrected chi connectivity index (χ4v) is 2.52. The molecule has 1 aliphatic rings. The van der Waals surface area contributed by atoms with E-state index in [1.165, 1.54) is 0 Å². The Morgan fingerprint density at radius 1 is 1.56 bits per heavy atom. The minimum Gasteiger partial charge on any atom is -0.481 e. The van der Waals surface area contributed by atoms with Crippen molar-refractivity contribution in [1.29, 1.82) is 0 Å². The van der Waals surface area contributed by atoms with Crippen LogP contribution in [0.4, 0.5) is 0 Å². The van der Waals surface area contributed by atoms with Crippen LogP contribution < -0.4 is 0 Å². The smallest absolute Gasteiger partial charge is 0.307 e. The van der Waals surface area contributed by atoms with E-state index in [9.17, 15) is 4.79 Å². The standard InChI is InChI=1S/C12H18N2O2/c1-7(2)14-6-8(5-13-14)9-10(11(15)16)12(9,3)4/h5-7,9-10H,1-4H3,(H,15,16)/t9-,10+/m0/s1. The highest BCUT2D eigenvalue weighted by Gasteiger charge is 2.63. The third-order valence-corrected chi connectivity index (χ3v) is 3.60. The summed E-state index contributed by atoms with van der Waals surface area (Å²) >= 11 is 0. The first kappa shape index (κ1) is 11.2. The lowest BCUT2D eigenvalue weighted by Gasteiger charge is -2.03. The average Bonchev–Trinajstić information content (AvgIpc) is 2.60. The summed E-state index contributed by atoms with van der Waals surface area (Å²) in [6, 6.07) is 0.318. The number of hydrogen-bond acceptors (Lipinski definition) is 2. The van der Waals surface area contributed by atoms with E-state index in [1.54, 1.807) is 6.20 Å². The molecule has 1 heterocycles. The second kappa shape index (κ2) is 3.34. The predicted octanol–water partition coefficient (Wildman–Crippen LogP) is 2.29. The van der Waals surface area contributed by atoms with Gasteiger partial charge in [0.15, 0.2) is 0 Å². The fraction of sp³-hybridized carbons (Fsp3) is 0.667. The van der Waals surface area contributed by atoms with Gasteiger partial charge >= 0.3 is 5.97 Å². The highest BCUT2D eigenvalue weighted by Crippen LogP contribution is 2.64. The van der Waals surface area contributed by atoms with Crippen LogP contribution in [0.1, 0.15) is 45.2 Å². The third kappa shape index (κ3) is 1.52. The Labute approximate surface area is 95.3 Å². The van der Waals surface area contributed by atoms with E-state index in [0.29, 0.717) is 6.04 Å². The first-order chi connectivity index (χ1) is 7.35. The maximum absolute atomic E-state index is 11.1. The number of nitrogens with zero attached hydrogens (tertiary/aromatic N) is 2. The first-order valence-electron chi connectivity index (χ1n) is 5.62. The van der Waals surface area contributed by atoms with E-state index in [4.69, 9.17) is 5.11 Å². The Balaban J connectivity index is 2.23. The molecule has 0 radical (unpaired) electrons. The SMILES string of the molecule is CC(C)n1cc([C@H]2[C@H](C(=O)O)C2(C)C)cn1. The van der Waals surface area contributed by atoms with Crippen LogP contribution in [-0.2, 0) is 4.79 Å². The molecule has 1 aliphatic carbocycles. The van der Waals surface area contributed by atoms with Crippen molar-refractivity contribution in [3.63, 3.8) is 0 Å². The summed E-state index contributed by atoms with van der Waals surface area (Å²) in [5, 5.41) is 13.4. The van der Waals surface area contributed by atoms with Crippen LogP contribution >= 0.6 is 0 Å². The van der Waals surface area contributed by atoms with Crippen molar-refractivity contribution in [1.82, 2.24) is 9.78 Å². The van der Waals surface area contributed by atoms with Crippen LogP contribution in [0.2, 0.25) is 0 Å². The van der Waals surface area contributed by atoms with Crippen molar-refractivity contribution in [2.24, 2.45) is 11.3 Å². The zero-order valence-electron chi connectivity index (χ0n) is 10.1. The Morgan fingerprint density at radius 2 is 2.19 bits per heavy atom. The number of carboxylic acids is 1. The van der Waals surface area contributed by atoms with Gasteiger partial charge in [0.05, 0.1) is 12.1 Å². The van der Waals surface area contributed by atoms with E-state index in [2.05, 4.69) is 18.9 Å². The number of carboxylic acid groups (broad SMARTS) is 1. The molecule has 4 nitrogen and oxygen atoms in total. The summed E-state index contributed by atoms with van der Waals surface area (Å²) in [6.45, 7) is 8.12. The highest BCUT2D eigenvalue weighted by atomic mass is 16.4. The lowest BCUT2D eigenvalue weighted by molar-refractivity contribution is -0.139. The zero-order chi connectivity index (χ0) is 12.1. The molecule has 1 fully saturated rings. The average molecular weight is 222 g/mol. The minimum atomic E-state index is -0.702. The Morgan fingerprint density at radius 3 is 2.56 bits per heavy atom. The molecule has 16 heavy (non-hydrogen) atoms. The molecule has 0 bridgehead atoms. The van der Waals surface area contributed by atoms with Crippen LogP contribution in [0.15, 0.2) is 12.4 Å². The Bertz CT molecular complexity index is 420. The largest absolute Gasteiger partial charge is 0.481 e. The molecule has 0 unspecified atom stereocenters. The molecule has 1 N–H and O–H groups in total. The number of aliphatic carboxylic acids is 1. The van der Waals surface area contributed by atoms with Crippen LogP contribution in [-0.4, -0.2) is 20.9 Å². The topological polar surface area (TPSA) is 55.1 Å². The molecule has 4 heteroatoms. The molecule has 2 rings (SSSR count). The van der Waals surface area contributed by atoms with Crippen molar-refractivity contribution < 1.29 is 9.90 Å². The Hall–Kier alpha value is -1.32. The van der Waals surface area contributed by atoms with Crippen molar-refractivity contribution in [2.75, 3.05) is 0 Å². The van der Waals surface area contributed by atoms with Gasteiger partial charge in [-0.15, -0.1) is 0 Å². The first-order valence-corrected chi connectivity index (χ1v) is 5.62. The molecule has 1 saturated carbocycles. The molecule has 0 spiro atoms. The molecular weight excluding hydrogens is 204 g/mol.